The number of nitrogens with zero attached hydrogens (tertiary/aromatic N) is 5. The maximum absolute atomic E-state index is 13.2. The van der Waals surface area contributed by atoms with Crippen LogP contribution in [0, 0.1) is 0 Å². The number of piperazine rings is 1. The first kappa shape index (κ1) is 23.7. The molecule has 3 aromatic rings. The van der Waals surface area contributed by atoms with E-state index >= 15 is 0 Å². The van der Waals surface area contributed by atoms with Gasteiger partial charge < -0.3 is 20.1 Å². The zero-order valence-electron chi connectivity index (χ0n) is 19.0. The average Bonchev–Trinajstić information content (AvgIpc) is 3.38. The van der Waals surface area contributed by atoms with Crippen molar-refractivity contribution in [3.63, 3.8) is 0 Å². The van der Waals surface area contributed by atoms with Crippen molar-refractivity contribution in [2.75, 3.05) is 49.5 Å². The number of hydrogen-bond donors (Lipinski definition) is 2. The lowest BCUT2D eigenvalue weighted by atomic mass is 9.99. The van der Waals surface area contributed by atoms with E-state index in [1.807, 2.05) is 24.0 Å². The quantitative estimate of drug-likeness (QED) is 0.531. The molecule has 186 valence electrons. The number of halogens is 3. The van der Waals surface area contributed by atoms with Crippen molar-refractivity contribution in [2.24, 2.45) is 0 Å². The lowest BCUT2D eigenvalue weighted by Crippen LogP contribution is -2.48. The number of amides is 1. The summed E-state index contributed by atoms with van der Waals surface area (Å²) >= 11 is 5.97. The Morgan fingerprint density at radius 2 is 2.06 bits per heavy atom. The van der Waals surface area contributed by atoms with Crippen molar-refractivity contribution >= 4 is 34.5 Å². The maximum atomic E-state index is 13.2. The van der Waals surface area contributed by atoms with Gasteiger partial charge in [-0.1, -0.05) is 11.6 Å². The molecule has 2 N–H and O–H groups in total. The van der Waals surface area contributed by atoms with Gasteiger partial charge in [-0.2, -0.15) is 5.10 Å². The van der Waals surface area contributed by atoms with Crippen LogP contribution >= 0.6 is 11.6 Å². The summed E-state index contributed by atoms with van der Waals surface area (Å²) in [7, 11) is 0. The van der Waals surface area contributed by atoms with E-state index in [0.29, 0.717) is 54.7 Å². The molecule has 12 heteroatoms. The first-order valence-electron chi connectivity index (χ1n) is 11.3. The number of aromatic nitrogens is 3. The lowest BCUT2D eigenvalue weighted by molar-refractivity contribution is 0.0447. The van der Waals surface area contributed by atoms with Crippen molar-refractivity contribution < 1.29 is 23.4 Å². The third kappa shape index (κ3) is 4.75. The number of carbonyl (C=O) groups excluding carboxylic acids is 1. The van der Waals surface area contributed by atoms with Crippen LogP contribution in [0.5, 0.6) is 5.75 Å². The molecular weight excluding hydrogens is 482 g/mol. The fourth-order valence-electron chi connectivity index (χ4n) is 4.57. The van der Waals surface area contributed by atoms with E-state index in [-0.39, 0.29) is 18.7 Å². The van der Waals surface area contributed by atoms with Crippen LogP contribution in [0.15, 0.2) is 30.7 Å². The van der Waals surface area contributed by atoms with Crippen molar-refractivity contribution in [3.8, 4) is 5.75 Å². The molecule has 1 saturated heterocycles. The first-order valence-corrected chi connectivity index (χ1v) is 11.6. The molecule has 0 radical (unpaired) electrons. The molecule has 2 aliphatic rings. The van der Waals surface area contributed by atoms with E-state index in [2.05, 4.69) is 15.4 Å². The van der Waals surface area contributed by atoms with Crippen molar-refractivity contribution in [1.29, 1.82) is 0 Å². The minimum atomic E-state index is -2.38. The van der Waals surface area contributed by atoms with Crippen LogP contribution in [0.1, 0.15) is 22.8 Å². The Hall–Kier alpha value is -3.02. The summed E-state index contributed by atoms with van der Waals surface area (Å²) in [5.74, 6) is 0.244. The number of aliphatic hydroxyl groups is 1. The number of nitrogens with one attached hydrogen (secondary N) is 1. The van der Waals surface area contributed by atoms with Gasteiger partial charge in [0.15, 0.2) is 5.65 Å². The molecule has 5 rings (SSSR count). The minimum absolute atomic E-state index is 0.151. The zero-order chi connectivity index (χ0) is 24.7. The number of aliphatic hydroxyl groups excluding tert-OH is 1. The highest BCUT2D eigenvalue weighted by Crippen LogP contribution is 2.42. The summed E-state index contributed by atoms with van der Waals surface area (Å²) in [6, 6.07) is 3.70. The maximum Gasteiger partial charge on any atom is 0.261 e. The van der Waals surface area contributed by atoms with E-state index in [0.717, 1.165) is 11.3 Å². The fourth-order valence-corrected chi connectivity index (χ4v) is 4.71. The van der Waals surface area contributed by atoms with Gasteiger partial charge in [0, 0.05) is 50.4 Å². The SMILES string of the molecule is CC1(CO)Cc2cc(NC(=O)c3cnn4cc(Cl)cnc34)c(N3CCN(CC(F)F)CC3)cc2O1. The predicted molar refractivity (Wildman–Crippen MR) is 127 cm³/mol. The molecule has 1 fully saturated rings. The van der Waals surface area contributed by atoms with Gasteiger partial charge in [0.25, 0.3) is 12.3 Å². The summed E-state index contributed by atoms with van der Waals surface area (Å²) < 4.78 is 33.1. The molecule has 4 heterocycles. The Morgan fingerprint density at radius 1 is 1.29 bits per heavy atom. The molecule has 2 aromatic heterocycles. The standard InChI is InChI=1S/C23H25ClF2N6O3/c1-23(13-33)8-14-6-17(29-22(34)16-10-28-32-11-15(24)9-27-21(16)32)18(7-19(14)35-23)31-4-2-30(3-5-31)12-20(25)26/h6-7,9-11,20,33H,2-5,8,12-13H2,1H3,(H,29,34). The number of anilines is 2. The lowest BCUT2D eigenvalue weighted by Gasteiger charge is -2.37. The Kier molecular flexibility index (Phi) is 6.24. The highest BCUT2D eigenvalue weighted by Gasteiger charge is 2.36. The number of rotatable bonds is 6. The van der Waals surface area contributed by atoms with Gasteiger partial charge in [-0.3, -0.25) is 9.69 Å². The molecule has 1 atom stereocenters. The van der Waals surface area contributed by atoms with Gasteiger partial charge in [0.2, 0.25) is 0 Å². The van der Waals surface area contributed by atoms with E-state index in [4.69, 9.17) is 16.3 Å². The third-order valence-electron chi connectivity index (χ3n) is 6.36. The highest BCUT2D eigenvalue weighted by molar-refractivity contribution is 6.30. The van der Waals surface area contributed by atoms with Crippen molar-refractivity contribution in [3.05, 3.63) is 46.9 Å². The number of hydrogen-bond acceptors (Lipinski definition) is 7. The molecular formula is C23H25ClF2N6O3. The van der Waals surface area contributed by atoms with E-state index < -0.39 is 17.9 Å². The molecule has 1 amide bonds. The van der Waals surface area contributed by atoms with Crippen LogP contribution in [0.2, 0.25) is 5.02 Å². The van der Waals surface area contributed by atoms with Gasteiger partial charge in [-0.15, -0.1) is 0 Å². The molecule has 0 saturated carbocycles. The van der Waals surface area contributed by atoms with Gasteiger partial charge >= 0.3 is 0 Å². The number of alkyl halides is 2. The Balaban J connectivity index is 1.45. The Morgan fingerprint density at radius 3 is 2.77 bits per heavy atom. The largest absolute Gasteiger partial charge is 0.484 e. The topological polar surface area (TPSA) is 95.2 Å². The van der Waals surface area contributed by atoms with Crippen LogP contribution in [0.3, 0.4) is 0 Å². The average molecular weight is 507 g/mol. The molecule has 0 bridgehead atoms. The Labute approximate surface area is 205 Å². The molecule has 2 aliphatic heterocycles. The predicted octanol–water partition coefficient (Wildman–Crippen LogP) is 2.71. The van der Waals surface area contributed by atoms with Gasteiger partial charge in [0.05, 0.1) is 41.9 Å². The van der Waals surface area contributed by atoms with Crippen LogP contribution in [0.25, 0.3) is 5.65 Å². The minimum Gasteiger partial charge on any atom is -0.484 e. The molecule has 9 nitrogen and oxygen atoms in total. The van der Waals surface area contributed by atoms with Crippen LogP contribution in [0.4, 0.5) is 20.2 Å². The molecule has 0 aliphatic carbocycles. The number of carbonyl (C=O) groups is 1. The number of ether oxygens (including phenoxy) is 1. The number of benzene rings is 1. The van der Waals surface area contributed by atoms with E-state index in [1.165, 1.54) is 16.9 Å². The van der Waals surface area contributed by atoms with Gasteiger partial charge in [-0.05, 0) is 13.0 Å². The molecule has 0 spiro atoms. The smallest absolute Gasteiger partial charge is 0.261 e. The Bertz CT molecular complexity index is 1260. The second kappa shape index (κ2) is 9.21. The summed E-state index contributed by atoms with van der Waals surface area (Å²) in [6.45, 7) is 3.40. The van der Waals surface area contributed by atoms with Crippen LogP contribution in [-0.4, -0.2) is 81.9 Å². The van der Waals surface area contributed by atoms with Gasteiger partial charge in [-0.25, -0.2) is 18.3 Å². The number of fused-ring (bicyclic) bond motifs is 2. The molecule has 1 aromatic carbocycles. The fraction of sp³-hybridized carbons (Fsp3) is 0.435. The van der Waals surface area contributed by atoms with E-state index in [1.54, 1.807) is 11.1 Å². The highest BCUT2D eigenvalue weighted by atomic mass is 35.5. The molecule has 35 heavy (non-hydrogen) atoms. The normalized spacial score (nSPS) is 20.3. The van der Waals surface area contributed by atoms with Crippen molar-refractivity contribution in [2.45, 2.75) is 25.4 Å². The summed E-state index contributed by atoms with van der Waals surface area (Å²) in [4.78, 5) is 21.2. The van der Waals surface area contributed by atoms with E-state index in [9.17, 15) is 18.7 Å². The van der Waals surface area contributed by atoms with Crippen LogP contribution in [-0.2, 0) is 6.42 Å². The summed E-state index contributed by atoms with van der Waals surface area (Å²) in [5, 5.41) is 17.3. The first-order chi connectivity index (χ1) is 16.7. The second-order valence-electron chi connectivity index (χ2n) is 9.10. The van der Waals surface area contributed by atoms with Crippen LogP contribution < -0.4 is 15.0 Å². The third-order valence-corrected chi connectivity index (χ3v) is 6.56. The molecule has 1 unspecified atom stereocenters. The monoisotopic (exact) mass is 506 g/mol. The van der Waals surface area contributed by atoms with Gasteiger partial charge in [0.1, 0.15) is 16.9 Å². The summed E-state index contributed by atoms with van der Waals surface area (Å²) in [6.07, 6.45) is 2.54. The zero-order valence-corrected chi connectivity index (χ0v) is 19.8. The summed E-state index contributed by atoms with van der Waals surface area (Å²) in [5.41, 5.74) is 2.06. The van der Waals surface area contributed by atoms with Crippen molar-refractivity contribution in [1.82, 2.24) is 19.5 Å². The second-order valence-corrected chi connectivity index (χ2v) is 9.53.